The van der Waals surface area contributed by atoms with E-state index >= 15 is 0 Å². The van der Waals surface area contributed by atoms with E-state index in [1.807, 2.05) is 14.0 Å². The minimum atomic E-state index is -0.428. The van der Waals surface area contributed by atoms with Crippen LogP contribution in [0.15, 0.2) is 9.95 Å². The predicted molar refractivity (Wildman–Crippen MR) is 78.8 cm³/mol. The van der Waals surface area contributed by atoms with E-state index in [-0.39, 0.29) is 5.69 Å². The van der Waals surface area contributed by atoms with Gasteiger partial charge in [0.25, 0.3) is 0 Å². The lowest BCUT2D eigenvalue weighted by molar-refractivity contribution is 0.400. The van der Waals surface area contributed by atoms with Crippen molar-refractivity contribution in [2.45, 2.75) is 55.8 Å². The fourth-order valence-electron chi connectivity index (χ4n) is 2.25. The molecule has 6 nitrogen and oxygen atoms in total. The Balaban J connectivity index is 1.85. The average molecular weight is 295 g/mol. The van der Waals surface area contributed by atoms with Gasteiger partial charge in [-0.05, 0) is 39.2 Å². The Morgan fingerprint density at radius 1 is 1.65 bits per heavy atom. The molecule has 0 aromatic carbocycles. The van der Waals surface area contributed by atoms with Gasteiger partial charge in [-0.1, -0.05) is 18.7 Å². The van der Waals surface area contributed by atoms with Crippen LogP contribution in [0.5, 0.6) is 0 Å². The highest BCUT2D eigenvalue weighted by Crippen LogP contribution is 2.36. The molecule has 0 amide bonds. The maximum absolute atomic E-state index is 11.6. The van der Waals surface area contributed by atoms with Crippen LogP contribution in [0.4, 0.5) is 0 Å². The Morgan fingerprint density at radius 2 is 2.40 bits per heavy atom. The number of nitriles is 1. The van der Waals surface area contributed by atoms with Crippen LogP contribution < -0.4 is 11.0 Å². The van der Waals surface area contributed by atoms with Gasteiger partial charge in [0, 0.05) is 11.8 Å². The Kier molecular flexibility index (Phi) is 4.89. The predicted octanol–water partition coefficient (Wildman–Crippen LogP) is 1.67. The summed E-state index contributed by atoms with van der Waals surface area (Å²) in [5, 5.41) is 19.7. The Morgan fingerprint density at radius 3 is 2.95 bits per heavy atom. The summed E-state index contributed by atoms with van der Waals surface area (Å²) in [5.41, 5.74) is -0.535. The lowest BCUT2D eigenvalue weighted by Crippen LogP contribution is -2.40. The molecular weight excluding hydrogens is 274 g/mol. The topological polar surface area (TPSA) is 86.5 Å². The van der Waals surface area contributed by atoms with Gasteiger partial charge in [-0.25, -0.2) is 9.89 Å². The summed E-state index contributed by atoms with van der Waals surface area (Å²) in [7, 11) is 1.83. The van der Waals surface area contributed by atoms with Crippen molar-refractivity contribution in [3.8, 4) is 6.07 Å². The molecule has 1 unspecified atom stereocenters. The number of nitrogens with zero attached hydrogens (tertiary/aromatic N) is 3. The third-order valence-corrected chi connectivity index (χ3v) is 4.90. The fraction of sp³-hybridized carbons (Fsp3) is 0.769. The van der Waals surface area contributed by atoms with Gasteiger partial charge in [0.15, 0.2) is 5.16 Å². The minimum Gasteiger partial charge on any atom is -0.302 e. The highest BCUT2D eigenvalue weighted by atomic mass is 32.2. The lowest BCUT2D eigenvalue weighted by atomic mass is 9.93. The van der Waals surface area contributed by atoms with E-state index in [0.717, 1.165) is 43.0 Å². The van der Waals surface area contributed by atoms with Gasteiger partial charge in [0.05, 0.1) is 6.07 Å². The van der Waals surface area contributed by atoms with Crippen molar-refractivity contribution < 1.29 is 0 Å². The minimum absolute atomic E-state index is 0.106. The average Bonchev–Trinajstić information content (AvgIpc) is 3.24. The van der Waals surface area contributed by atoms with Crippen LogP contribution in [0.2, 0.25) is 0 Å². The highest BCUT2D eigenvalue weighted by molar-refractivity contribution is 7.99. The second-order valence-electron chi connectivity index (χ2n) is 5.16. The molecule has 2 rings (SSSR count). The molecule has 2 N–H and O–H groups in total. The number of hydrogen-bond acceptors (Lipinski definition) is 5. The zero-order valence-electron chi connectivity index (χ0n) is 12.0. The number of aromatic amines is 1. The van der Waals surface area contributed by atoms with Crippen LogP contribution in [-0.2, 0) is 0 Å². The van der Waals surface area contributed by atoms with Crippen LogP contribution in [0.25, 0.3) is 0 Å². The first-order chi connectivity index (χ1) is 9.65. The van der Waals surface area contributed by atoms with Crippen molar-refractivity contribution in [1.82, 2.24) is 20.1 Å². The second-order valence-corrected chi connectivity index (χ2v) is 6.22. The molecule has 0 aliphatic heterocycles. The number of rotatable bonds is 8. The number of nitrogens with one attached hydrogen (secondary N) is 2. The monoisotopic (exact) mass is 295 g/mol. The summed E-state index contributed by atoms with van der Waals surface area (Å²) in [4.78, 5) is 11.6. The van der Waals surface area contributed by atoms with Crippen LogP contribution >= 0.6 is 11.8 Å². The molecule has 1 heterocycles. The molecule has 1 aromatic heterocycles. The summed E-state index contributed by atoms with van der Waals surface area (Å²) >= 11 is 1.59. The first-order valence-electron chi connectivity index (χ1n) is 7.05. The zero-order chi connectivity index (χ0) is 14.6. The molecule has 1 atom stereocenters. The van der Waals surface area contributed by atoms with E-state index in [0.29, 0.717) is 6.04 Å². The molecule has 1 aliphatic carbocycles. The molecule has 0 saturated heterocycles. The van der Waals surface area contributed by atoms with Gasteiger partial charge < -0.3 is 5.32 Å². The smallest absolute Gasteiger partial charge is 0.302 e. The summed E-state index contributed by atoms with van der Waals surface area (Å²) in [5.74, 6) is 0.863. The molecule has 1 aliphatic rings. The van der Waals surface area contributed by atoms with Crippen molar-refractivity contribution in [1.29, 1.82) is 5.26 Å². The Labute approximate surface area is 122 Å². The first kappa shape index (κ1) is 15.1. The van der Waals surface area contributed by atoms with Crippen molar-refractivity contribution in [2.24, 2.45) is 0 Å². The van der Waals surface area contributed by atoms with Gasteiger partial charge in [-0.15, -0.1) is 5.10 Å². The van der Waals surface area contributed by atoms with Crippen molar-refractivity contribution >= 4 is 11.8 Å². The van der Waals surface area contributed by atoms with Crippen LogP contribution in [0, 0.1) is 11.3 Å². The molecule has 0 radical (unpaired) electrons. The fourth-order valence-corrected chi connectivity index (χ4v) is 3.21. The SMILES string of the molecule is CCC(C#N)(CCCSc1n[nH]c(=O)n1C1CC1)NC. The van der Waals surface area contributed by atoms with E-state index in [2.05, 4.69) is 21.6 Å². The highest BCUT2D eigenvalue weighted by Gasteiger charge is 2.29. The molecule has 7 heteroatoms. The number of aromatic nitrogens is 3. The maximum Gasteiger partial charge on any atom is 0.344 e. The maximum atomic E-state index is 11.6. The van der Waals surface area contributed by atoms with E-state index in [4.69, 9.17) is 0 Å². The van der Waals surface area contributed by atoms with Crippen LogP contribution in [-0.4, -0.2) is 33.1 Å². The van der Waals surface area contributed by atoms with Gasteiger partial charge in [0.1, 0.15) is 5.54 Å². The molecule has 1 aromatic rings. The molecular formula is C13H21N5OS. The van der Waals surface area contributed by atoms with Crippen molar-refractivity contribution in [2.75, 3.05) is 12.8 Å². The largest absolute Gasteiger partial charge is 0.344 e. The lowest BCUT2D eigenvalue weighted by Gasteiger charge is -2.24. The normalized spacial score (nSPS) is 17.6. The van der Waals surface area contributed by atoms with Gasteiger partial charge in [0.2, 0.25) is 0 Å². The van der Waals surface area contributed by atoms with Gasteiger partial charge in [-0.3, -0.25) is 4.57 Å². The van der Waals surface area contributed by atoms with E-state index in [1.165, 1.54) is 0 Å². The summed E-state index contributed by atoms with van der Waals surface area (Å²) in [6.07, 6.45) is 4.65. The van der Waals surface area contributed by atoms with Crippen LogP contribution in [0.1, 0.15) is 45.1 Å². The number of hydrogen-bond donors (Lipinski definition) is 2. The third-order valence-electron chi connectivity index (χ3n) is 3.86. The zero-order valence-corrected chi connectivity index (χ0v) is 12.8. The summed E-state index contributed by atoms with van der Waals surface area (Å²) < 4.78 is 1.76. The third kappa shape index (κ3) is 3.25. The van der Waals surface area contributed by atoms with Crippen molar-refractivity contribution in [3.63, 3.8) is 0 Å². The molecule has 20 heavy (non-hydrogen) atoms. The summed E-state index contributed by atoms with van der Waals surface area (Å²) in [6.45, 7) is 2.02. The molecule has 1 saturated carbocycles. The standard InChI is InChI=1S/C13H21N5OS/c1-3-13(9-14,15-2)7-4-8-20-12-17-16-11(19)18(12)10-5-6-10/h10,15H,3-8H2,1-2H3,(H,16,19). The van der Waals surface area contributed by atoms with E-state index < -0.39 is 5.54 Å². The molecule has 0 bridgehead atoms. The van der Waals surface area contributed by atoms with Gasteiger partial charge >= 0.3 is 5.69 Å². The van der Waals surface area contributed by atoms with E-state index in [1.54, 1.807) is 16.3 Å². The Bertz CT molecular complexity index is 536. The molecule has 1 fully saturated rings. The summed E-state index contributed by atoms with van der Waals surface area (Å²) in [6, 6.07) is 2.70. The number of H-pyrrole nitrogens is 1. The quantitative estimate of drug-likeness (QED) is 0.563. The second kappa shape index (κ2) is 6.46. The molecule has 110 valence electrons. The van der Waals surface area contributed by atoms with E-state index in [9.17, 15) is 10.1 Å². The first-order valence-corrected chi connectivity index (χ1v) is 8.04. The number of thioether (sulfide) groups is 1. The Hall–Kier alpha value is -1.26. The van der Waals surface area contributed by atoms with Crippen LogP contribution in [0.3, 0.4) is 0 Å². The van der Waals surface area contributed by atoms with Gasteiger partial charge in [-0.2, -0.15) is 5.26 Å². The van der Waals surface area contributed by atoms with Crippen molar-refractivity contribution in [3.05, 3.63) is 10.5 Å². The molecule has 0 spiro atoms.